The summed E-state index contributed by atoms with van der Waals surface area (Å²) in [4.78, 5) is 0. The van der Waals surface area contributed by atoms with Crippen LogP contribution in [0.4, 0.5) is 9.52 Å². The van der Waals surface area contributed by atoms with Crippen molar-refractivity contribution in [1.82, 2.24) is 15.4 Å². The van der Waals surface area contributed by atoms with E-state index >= 15 is 0 Å². The van der Waals surface area contributed by atoms with E-state index in [0.717, 1.165) is 32.8 Å². The van der Waals surface area contributed by atoms with Crippen molar-refractivity contribution < 1.29 is 8.91 Å². The van der Waals surface area contributed by atoms with Crippen LogP contribution in [0.1, 0.15) is 18.2 Å². The van der Waals surface area contributed by atoms with Crippen LogP contribution in [0, 0.1) is 12.7 Å². The predicted octanol–water partition coefficient (Wildman–Crippen LogP) is 4.36. The second-order valence-electron chi connectivity index (χ2n) is 4.78. The molecule has 0 radical (unpaired) electrons. The largest absolute Gasteiger partial charge is 0.360 e. The zero-order valence-corrected chi connectivity index (χ0v) is 14.3. The first-order chi connectivity index (χ1) is 11.2. The van der Waals surface area contributed by atoms with Gasteiger partial charge in [-0.15, -0.1) is 10.2 Å². The number of nitrogens with one attached hydrogen (secondary N) is 1. The van der Waals surface area contributed by atoms with Crippen LogP contribution in [0.15, 0.2) is 33.1 Å². The lowest BCUT2D eigenvalue weighted by molar-refractivity contribution is 0.426. The number of anilines is 1. The molecule has 0 atom stereocenters. The summed E-state index contributed by atoms with van der Waals surface area (Å²) in [5, 5.41) is 16.3. The molecule has 0 amide bonds. The van der Waals surface area contributed by atoms with Crippen LogP contribution in [0.25, 0.3) is 11.3 Å². The summed E-state index contributed by atoms with van der Waals surface area (Å²) >= 11 is 3.08. The van der Waals surface area contributed by atoms with E-state index in [4.69, 9.17) is 4.52 Å². The normalized spacial score (nSPS) is 10.9. The first kappa shape index (κ1) is 15.9. The van der Waals surface area contributed by atoms with Crippen LogP contribution >= 0.6 is 23.1 Å². The Morgan fingerprint density at radius 1 is 1.26 bits per heavy atom. The highest BCUT2D eigenvalue weighted by atomic mass is 32.2. The molecule has 3 rings (SSSR count). The van der Waals surface area contributed by atoms with Crippen molar-refractivity contribution in [2.45, 2.75) is 23.9 Å². The Bertz CT molecular complexity index is 785. The fraction of sp³-hybridized carbons (Fsp3) is 0.267. The standard InChI is InChI=1S/C15H15FN4OS2/c1-3-17-14-18-19-15(23-14)22-8-12-9(2)13(21-20-12)10-4-6-11(16)7-5-10/h4-7H,3,8H2,1-2H3,(H,17,18). The lowest BCUT2D eigenvalue weighted by Crippen LogP contribution is -1.94. The molecule has 0 fully saturated rings. The van der Waals surface area contributed by atoms with Crippen LogP contribution < -0.4 is 5.32 Å². The quantitative estimate of drug-likeness (QED) is 0.666. The maximum atomic E-state index is 13.0. The van der Waals surface area contributed by atoms with Gasteiger partial charge in [-0.1, -0.05) is 28.3 Å². The highest BCUT2D eigenvalue weighted by Gasteiger charge is 2.15. The summed E-state index contributed by atoms with van der Waals surface area (Å²) < 4.78 is 19.3. The van der Waals surface area contributed by atoms with E-state index in [-0.39, 0.29) is 5.82 Å². The smallest absolute Gasteiger partial charge is 0.206 e. The Morgan fingerprint density at radius 3 is 2.78 bits per heavy atom. The highest BCUT2D eigenvalue weighted by molar-refractivity contribution is 8.00. The van der Waals surface area contributed by atoms with E-state index < -0.39 is 0 Å². The van der Waals surface area contributed by atoms with Crippen LogP contribution in [-0.4, -0.2) is 21.9 Å². The third-order valence-corrected chi connectivity index (χ3v) is 5.22. The average Bonchev–Trinajstić information content (AvgIpc) is 3.14. The van der Waals surface area contributed by atoms with E-state index in [0.29, 0.717) is 11.5 Å². The molecule has 0 unspecified atom stereocenters. The van der Waals surface area contributed by atoms with E-state index in [1.165, 1.54) is 23.5 Å². The van der Waals surface area contributed by atoms with Gasteiger partial charge in [-0.05, 0) is 38.1 Å². The number of thioether (sulfide) groups is 1. The topological polar surface area (TPSA) is 63.8 Å². The number of hydrogen-bond acceptors (Lipinski definition) is 7. The lowest BCUT2D eigenvalue weighted by atomic mass is 10.1. The maximum Gasteiger partial charge on any atom is 0.206 e. The van der Waals surface area contributed by atoms with Crippen molar-refractivity contribution in [3.63, 3.8) is 0 Å². The zero-order valence-electron chi connectivity index (χ0n) is 12.7. The predicted molar refractivity (Wildman–Crippen MR) is 90.3 cm³/mol. The van der Waals surface area contributed by atoms with Crippen LogP contribution in [0.3, 0.4) is 0 Å². The minimum absolute atomic E-state index is 0.269. The van der Waals surface area contributed by atoms with Gasteiger partial charge in [0, 0.05) is 23.4 Å². The van der Waals surface area contributed by atoms with Gasteiger partial charge in [0.25, 0.3) is 0 Å². The zero-order chi connectivity index (χ0) is 16.2. The number of nitrogens with zero attached hydrogens (tertiary/aromatic N) is 3. The van der Waals surface area contributed by atoms with Crippen molar-refractivity contribution in [1.29, 1.82) is 0 Å². The summed E-state index contributed by atoms with van der Waals surface area (Å²) in [5.41, 5.74) is 2.63. The monoisotopic (exact) mass is 350 g/mol. The molecule has 3 aromatic rings. The number of benzene rings is 1. The Hall–Kier alpha value is -1.93. The number of hydrogen-bond donors (Lipinski definition) is 1. The highest BCUT2D eigenvalue weighted by Crippen LogP contribution is 2.32. The summed E-state index contributed by atoms with van der Waals surface area (Å²) in [7, 11) is 0. The van der Waals surface area contributed by atoms with Gasteiger partial charge in [0.05, 0.1) is 5.69 Å². The molecule has 0 saturated heterocycles. The summed E-state index contributed by atoms with van der Waals surface area (Å²) in [6.07, 6.45) is 0. The molecule has 0 bridgehead atoms. The van der Waals surface area contributed by atoms with E-state index in [1.807, 2.05) is 13.8 Å². The molecule has 2 aromatic heterocycles. The summed E-state index contributed by atoms with van der Waals surface area (Å²) in [6, 6.07) is 6.20. The third kappa shape index (κ3) is 3.70. The van der Waals surface area contributed by atoms with E-state index in [1.54, 1.807) is 23.9 Å². The van der Waals surface area contributed by atoms with Crippen molar-refractivity contribution in [2.24, 2.45) is 0 Å². The van der Waals surface area contributed by atoms with Gasteiger partial charge in [-0.25, -0.2) is 4.39 Å². The van der Waals surface area contributed by atoms with E-state index in [9.17, 15) is 4.39 Å². The Balaban J connectivity index is 1.70. The van der Waals surface area contributed by atoms with Gasteiger partial charge in [0.2, 0.25) is 5.13 Å². The van der Waals surface area contributed by atoms with Gasteiger partial charge in [-0.2, -0.15) is 0 Å². The molecule has 0 aliphatic heterocycles. The van der Waals surface area contributed by atoms with Gasteiger partial charge in [0.1, 0.15) is 5.82 Å². The number of rotatable bonds is 6. The third-order valence-electron chi connectivity index (χ3n) is 3.19. The SMILES string of the molecule is CCNc1nnc(SCc2noc(-c3ccc(F)cc3)c2C)s1. The molecule has 0 aliphatic rings. The molecular formula is C15H15FN4OS2. The van der Waals surface area contributed by atoms with Gasteiger partial charge in [-0.3, -0.25) is 0 Å². The fourth-order valence-electron chi connectivity index (χ4n) is 1.99. The Morgan fingerprint density at radius 2 is 2.04 bits per heavy atom. The maximum absolute atomic E-state index is 13.0. The first-order valence-corrected chi connectivity index (χ1v) is 8.89. The minimum Gasteiger partial charge on any atom is -0.360 e. The number of aromatic nitrogens is 3. The molecule has 8 heteroatoms. The molecule has 1 aromatic carbocycles. The van der Waals surface area contributed by atoms with Crippen molar-refractivity contribution in [3.05, 3.63) is 41.3 Å². The van der Waals surface area contributed by atoms with Crippen molar-refractivity contribution in [2.75, 3.05) is 11.9 Å². The van der Waals surface area contributed by atoms with Gasteiger partial charge < -0.3 is 9.84 Å². The van der Waals surface area contributed by atoms with E-state index in [2.05, 4.69) is 20.7 Å². The second kappa shape index (κ2) is 7.10. The molecule has 2 heterocycles. The van der Waals surface area contributed by atoms with Gasteiger partial charge >= 0.3 is 0 Å². The molecule has 23 heavy (non-hydrogen) atoms. The average molecular weight is 350 g/mol. The van der Waals surface area contributed by atoms with Crippen molar-refractivity contribution >= 4 is 28.2 Å². The summed E-state index contributed by atoms with van der Waals surface area (Å²) in [5.74, 6) is 1.05. The summed E-state index contributed by atoms with van der Waals surface area (Å²) in [6.45, 7) is 4.79. The molecule has 0 saturated carbocycles. The number of halogens is 1. The molecule has 1 N–H and O–H groups in total. The van der Waals surface area contributed by atoms with Gasteiger partial charge in [0.15, 0.2) is 10.1 Å². The Labute approximate surface area is 141 Å². The molecular weight excluding hydrogens is 335 g/mol. The molecule has 0 spiro atoms. The minimum atomic E-state index is -0.269. The van der Waals surface area contributed by atoms with Crippen LogP contribution in [0.2, 0.25) is 0 Å². The van der Waals surface area contributed by atoms with Crippen molar-refractivity contribution in [3.8, 4) is 11.3 Å². The second-order valence-corrected chi connectivity index (χ2v) is 6.98. The molecule has 0 aliphatic carbocycles. The first-order valence-electron chi connectivity index (χ1n) is 7.08. The molecule has 5 nitrogen and oxygen atoms in total. The fourth-order valence-corrected chi connectivity index (χ4v) is 3.82. The lowest BCUT2D eigenvalue weighted by Gasteiger charge is -1.98. The van der Waals surface area contributed by atoms with Crippen LogP contribution in [0.5, 0.6) is 0 Å². The Kier molecular flexibility index (Phi) is 4.92. The molecule has 120 valence electrons. The van der Waals surface area contributed by atoms with Crippen LogP contribution in [-0.2, 0) is 5.75 Å².